The highest BCUT2D eigenvalue weighted by atomic mass is 79.9. The molecule has 0 saturated carbocycles. The summed E-state index contributed by atoms with van der Waals surface area (Å²) in [5.41, 5.74) is 2.65. The first-order valence-corrected chi connectivity index (χ1v) is 7.54. The largest absolute Gasteiger partial charge is 0.406 e. The Balaban J connectivity index is 2.22. The highest BCUT2D eigenvalue weighted by Crippen LogP contribution is 2.23. The average Bonchev–Trinajstić information content (AvgIpc) is 2.72. The Labute approximate surface area is 140 Å². The second-order valence-corrected chi connectivity index (χ2v) is 6.01. The Bertz CT molecular complexity index is 723. The molecule has 0 atom stereocenters. The van der Waals surface area contributed by atoms with Crippen molar-refractivity contribution in [3.05, 3.63) is 45.7 Å². The van der Waals surface area contributed by atoms with Crippen molar-refractivity contribution in [1.29, 1.82) is 0 Å². The summed E-state index contributed by atoms with van der Waals surface area (Å²) < 4.78 is 39.6. The van der Waals surface area contributed by atoms with Gasteiger partial charge in [-0.2, -0.15) is 18.3 Å². The summed E-state index contributed by atoms with van der Waals surface area (Å²) in [4.78, 5) is 12.6. The second-order valence-electron chi connectivity index (χ2n) is 5.22. The molecule has 2 aromatic rings. The van der Waals surface area contributed by atoms with Gasteiger partial charge in [-0.15, -0.1) is 0 Å². The monoisotopic (exact) mass is 389 g/mol. The second kappa shape index (κ2) is 6.35. The molecule has 1 amide bonds. The fourth-order valence-corrected chi connectivity index (χ4v) is 2.43. The number of rotatable bonds is 3. The SMILES string of the molecule is Cc1nn(-c2ccc(C(=O)N(C)CC(F)(F)F)cc2)c(C)c1Br. The van der Waals surface area contributed by atoms with Gasteiger partial charge in [0.25, 0.3) is 5.91 Å². The number of amides is 1. The van der Waals surface area contributed by atoms with Crippen molar-refractivity contribution in [3.63, 3.8) is 0 Å². The maximum atomic E-state index is 12.3. The molecule has 0 aliphatic carbocycles. The summed E-state index contributed by atoms with van der Waals surface area (Å²) in [7, 11) is 1.13. The van der Waals surface area contributed by atoms with Crippen LogP contribution in [0.4, 0.5) is 13.2 Å². The lowest BCUT2D eigenvalue weighted by molar-refractivity contribution is -0.138. The van der Waals surface area contributed by atoms with Crippen molar-refractivity contribution in [2.24, 2.45) is 0 Å². The van der Waals surface area contributed by atoms with E-state index in [4.69, 9.17) is 0 Å². The lowest BCUT2D eigenvalue weighted by atomic mass is 10.2. The fraction of sp³-hybridized carbons (Fsp3) is 0.333. The first-order valence-electron chi connectivity index (χ1n) is 6.74. The van der Waals surface area contributed by atoms with E-state index in [1.54, 1.807) is 16.8 Å². The van der Waals surface area contributed by atoms with Gasteiger partial charge >= 0.3 is 6.18 Å². The van der Waals surface area contributed by atoms with Crippen LogP contribution in [-0.4, -0.2) is 40.4 Å². The minimum atomic E-state index is -4.42. The van der Waals surface area contributed by atoms with Gasteiger partial charge in [-0.25, -0.2) is 4.68 Å². The van der Waals surface area contributed by atoms with Crippen molar-refractivity contribution >= 4 is 21.8 Å². The van der Waals surface area contributed by atoms with E-state index in [2.05, 4.69) is 21.0 Å². The van der Waals surface area contributed by atoms with E-state index < -0.39 is 18.6 Å². The number of carbonyl (C=O) groups is 1. The molecule has 1 aromatic heterocycles. The summed E-state index contributed by atoms with van der Waals surface area (Å²) >= 11 is 3.43. The fourth-order valence-electron chi connectivity index (χ4n) is 2.18. The summed E-state index contributed by atoms with van der Waals surface area (Å²) in [6.07, 6.45) is -4.42. The van der Waals surface area contributed by atoms with Gasteiger partial charge in [-0.05, 0) is 54.0 Å². The maximum Gasteiger partial charge on any atom is 0.406 e. The van der Waals surface area contributed by atoms with E-state index in [-0.39, 0.29) is 5.56 Å². The number of benzene rings is 1. The Hall–Kier alpha value is -1.83. The predicted octanol–water partition coefficient (Wildman–Crippen LogP) is 3.89. The summed E-state index contributed by atoms with van der Waals surface area (Å²) in [6.45, 7) is 2.47. The van der Waals surface area contributed by atoms with Crippen molar-refractivity contribution in [1.82, 2.24) is 14.7 Å². The van der Waals surface area contributed by atoms with Gasteiger partial charge in [0.15, 0.2) is 0 Å². The number of nitrogens with zero attached hydrogens (tertiary/aromatic N) is 3. The Morgan fingerprint density at radius 2 is 1.83 bits per heavy atom. The highest BCUT2D eigenvalue weighted by Gasteiger charge is 2.31. The van der Waals surface area contributed by atoms with Gasteiger partial charge in [0, 0.05) is 12.6 Å². The molecule has 2 rings (SSSR count). The summed E-state index contributed by atoms with van der Waals surface area (Å²) in [5.74, 6) is -0.677. The molecule has 0 N–H and O–H groups in total. The van der Waals surface area contributed by atoms with Crippen molar-refractivity contribution in [3.8, 4) is 5.69 Å². The Morgan fingerprint density at radius 3 is 2.26 bits per heavy atom. The quantitative estimate of drug-likeness (QED) is 0.798. The molecule has 0 radical (unpaired) electrons. The number of aryl methyl sites for hydroxylation is 1. The topological polar surface area (TPSA) is 38.1 Å². The first kappa shape index (κ1) is 17.5. The first-order chi connectivity index (χ1) is 10.6. The van der Waals surface area contributed by atoms with Crippen molar-refractivity contribution < 1.29 is 18.0 Å². The van der Waals surface area contributed by atoms with E-state index in [0.29, 0.717) is 4.90 Å². The molecule has 23 heavy (non-hydrogen) atoms. The van der Waals surface area contributed by atoms with Crippen LogP contribution < -0.4 is 0 Å². The Morgan fingerprint density at radius 1 is 1.26 bits per heavy atom. The van der Waals surface area contributed by atoms with Crippen LogP contribution in [0.3, 0.4) is 0 Å². The van der Waals surface area contributed by atoms with Gasteiger partial charge in [0.1, 0.15) is 6.54 Å². The van der Waals surface area contributed by atoms with Crippen LogP contribution in [0, 0.1) is 13.8 Å². The molecule has 0 bridgehead atoms. The van der Waals surface area contributed by atoms with Gasteiger partial charge < -0.3 is 4.90 Å². The van der Waals surface area contributed by atoms with E-state index in [1.807, 2.05) is 13.8 Å². The molecule has 0 fully saturated rings. The molecule has 0 aliphatic rings. The number of hydrogen-bond acceptors (Lipinski definition) is 2. The minimum Gasteiger partial charge on any atom is -0.333 e. The normalized spacial score (nSPS) is 11.6. The van der Waals surface area contributed by atoms with Crippen LogP contribution in [0.2, 0.25) is 0 Å². The van der Waals surface area contributed by atoms with Crippen LogP contribution in [-0.2, 0) is 0 Å². The van der Waals surface area contributed by atoms with E-state index in [1.165, 1.54) is 12.1 Å². The lowest BCUT2D eigenvalue weighted by Gasteiger charge is -2.19. The van der Waals surface area contributed by atoms with Crippen molar-refractivity contribution in [2.45, 2.75) is 20.0 Å². The molecule has 1 aromatic carbocycles. The van der Waals surface area contributed by atoms with Crippen LogP contribution in [0.1, 0.15) is 21.7 Å². The number of halogens is 4. The standard InChI is InChI=1S/C15H15BrF3N3O/c1-9-13(16)10(2)22(20-9)12-6-4-11(5-7-12)14(23)21(3)8-15(17,18)19/h4-7H,8H2,1-3H3. The van der Waals surface area contributed by atoms with E-state index >= 15 is 0 Å². The Kier molecular flexibility index (Phi) is 4.84. The molecule has 0 spiro atoms. The highest BCUT2D eigenvalue weighted by molar-refractivity contribution is 9.10. The van der Waals surface area contributed by atoms with Crippen molar-refractivity contribution in [2.75, 3.05) is 13.6 Å². The maximum absolute atomic E-state index is 12.3. The zero-order valence-electron chi connectivity index (χ0n) is 12.8. The van der Waals surface area contributed by atoms with Crippen LogP contribution in [0.5, 0.6) is 0 Å². The lowest BCUT2D eigenvalue weighted by Crippen LogP contribution is -2.35. The molecule has 1 heterocycles. The molecular formula is C15H15BrF3N3O. The van der Waals surface area contributed by atoms with Crippen LogP contribution in [0.25, 0.3) is 5.69 Å². The number of alkyl halides is 3. The number of hydrogen-bond donors (Lipinski definition) is 0. The number of carbonyl (C=O) groups excluding carboxylic acids is 1. The van der Waals surface area contributed by atoms with Gasteiger partial charge in [-0.3, -0.25) is 4.79 Å². The van der Waals surface area contributed by atoms with Crippen LogP contribution >= 0.6 is 15.9 Å². The summed E-state index contributed by atoms with van der Waals surface area (Å²) in [5, 5.41) is 4.36. The van der Waals surface area contributed by atoms with Gasteiger partial charge in [0.2, 0.25) is 0 Å². The molecule has 4 nitrogen and oxygen atoms in total. The molecule has 8 heteroatoms. The third-order valence-corrected chi connectivity index (χ3v) is 4.47. The molecule has 124 valence electrons. The van der Waals surface area contributed by atoms with E-state index in [0.717, 1.165) is 28.6 Å². The molecular weight excluding hydrogens is 375 g/mol. The van der Waals surface area contributed by atoms with Gasteiger partial charge in [0.05, 0.1) is 21.5 Å². The predicted molar refractivity (Wildman–Crippen MR) is 83.8 cm³/mol. The zero-order valence-corrected chi connectivity index (χ0v) is 14.4. The smallest absolute Gasteiger partial charge is 0.333 e. The molecule has 0 saturated heterocycles. The minimum absolute atomic E-state index is 0.195. The number of aromatic nitrogens is 2. The van der Waals surface area contributed by atoms with Gasteiger partial charge in [-0.1, -0.05) is 0 Å². The average molecular weight is 390 g/mol. The summed E-state index contributed by atoms with van der Waals surface area (Å²) in [6, 6.07) is 6.30. The third kappa shape index (κ3) is 3.93. The molecule has 0 unspecified atom stereocenters. The van der Waals surface area contributed by atoms with E-state index in [9.17, 15) is 18.0 Å². The van der Waals surface area contributed by atoms with Crippen LogP contribution in [0.15, 0.2) is 28.7 Å². The zero-order chi connectivity index (χ0) is 17.4. The third-order valence-electron chi connectivity index (χ3n) is 3.32. The molecule has 0 aliphatic heterocycles.